The Morgan fingerprint density at radius 2 is 2.11 bits per heavy atom. The van der Waals surface area contributed by atoms with Crippen LogP contribution in [0, 0.1) is 17.2 Å². The first-order chi connectivity index (χ1) is 9.03. The van der Waals surface area contributed by atoms with Gasteiger partial charge in [-0.15, -0.1) is 0 Å². The molecule has 1 amide bonds. The normalized spacial score (nSPS) is 11.3. The molecule has 0 saturated heterocycles. The highest BCUT2D eigenvalue weighted by atomic mass is 16.5. The highest BCUT2D eigenvalue weighted by Gasteiger charge is 2.19. The summed E-state index contributed by atoms with van der Waals surface area (Å²) in [5.41, 5.74) is 0.425. The van der Waals surface area contributed by atoms with Crippen molar-refractivity contribution < 1.29 is 14.3 Å². The summed E-state index contributed by atoms with van der Waals surface area (Å²) in [7, 11) is 4.71. The van der Waals surface area contributed by atoms with Crippen LogP contribution in [0.15, 0.2) is 18.2 Å². The molecule has 5 nitrogen and oxygen atoms in total. The van der Waals surface area contributed by atoms with Crippen molar-refractivity contribution in [2.75, 3.05) is 27.8 Å². The number of ether oxygens (including phenoxy) is 2. The van der Waals surface area contributed by atoms with Gasteiger partial charge in [0, 0.05) is 13.6 Å². The summed E-state index contributed by atoms with van der Waals surface area (Å²) in [6, 6.07) is 7.15. The molecule has 0 unspecified atom stereocenters. The fourth-order valence-electron chi connectivity index (χ4n) is 1.72. The summed E-state index contributed by atoms with van der Waals surface area (Å²) < 4.78 is 10.3. The third-order valence-electron chi connectivity index (χ3n) is 2.75. The van der Waals surface area contributed by atoms with Crippen LogP contribution < -0.4 is 9.47 Å². The maximum atomic E-state index is 12.3. The molecule has 1 rings (SSSR count). The van der Waals surface area contributed by atoms with Crippen LogP contribution in [0.2, 0.25) is 0 Å². The highest BCUT2D eigenvalue weighted by molar-refractivity contribution is 5.97. The third kappa shape index (κ3) is 3.62. The number of methoxy groups -OCH3 is 2. The van der Waals surface area contributed by atoms with Gasteiger partial charge in [0.25, 0.3) is 5.91 Å². The molecule has 19 heavy (non-hydrogen) atoms. The van der Waals surface area contributed by atoms with Gasteiger partial charge in [-0.2, -0.15) is 5.26 Å². The maximum absolute atomic E-state index is 12.3. The number of rotatable bonds is 5. The van der Waals surface area contributed by atoms with Crippen molar-refractivity contribution in [2.45, 2.75) is 6.92 Å². The number of nitrogens with zero attached hydrogens (tertiary/aromatic N) is 2. The van der Waals surface area contributed by atoms with E-state index < -0.39 is 0 Å². The average Bonchev–Trinajstić information content (AvgIpc) is 2.45. The average molecular weight is 262 g/mol. The van der Waals surface area contributed by atoms with Crippen LogP contribution in [0.5, 0.6) is 11.5 Å². The molecule has 5 heteroatoms. The summed E-state index contributed by atoms with van der Waals surface area (Å²) in [4.78, 5) is 13.8. The predicted molar refractivity (Wildman–Crippen MR) is 71.3 cm³/mol. The molecular weight excluding hydrogens is 244 g/mol. The summed E-state index contributed by atoms with van der Waals surface area (Å²) >= 11 is 0. The van der Waals surface area contributed by atoms with Gasteiger partial charge >= 0.3 is 0 Å². The highest BCUT2D eigenvalue weighted by Crippen LogP contribution is 2.25. The molecule has 0 heterocycles. The zero-order valence-corrected chi connectivity index (χ0v) is 11.6. The largest absolute Gasteiger partial charge is 0.497 e. The Hall–Kier alpha value is -2.22. The Morgan fingerprint density at radius 1 is 1.42 bits per heavy atom. The molecule has 0 N–H and O–H groups in total. The summed E-state index contributed by atoms with van der Waals surface area (Å²) in [6.07, 6.45) is 0. The lowest BCUT2D eigenvalue weighted by Gasteiger charge is -2.20. The first kappa shape index (κ1) is 14.8. The minimum Gasteiger partial charge on any atom is -0.497 e. The van der Waals surface area contributed by atoms with E-state index in [4.69, 9.17) is 14.7 Å². The smallest absolute Gasteiger partial charge is 0.257 e. The lowest BCUT2D eigenvalue weighted by Crippen LogP contribution is -2.31. The van der Waals surface area contributed by atoms with Gasteiger partial charge in [0.15, 0.2) is 0 Å². The fraction of sp³-hybridized carbons (Fsp3) is 0.429. The number of hydrogen-bond donors (Lipinski definition) is 0. The number of hydrogen-bond acceptors (Lipinski definition) is 4. The molecule has 0 saturated carbocycles. The van der Waals surface area contributed by atoms with Crippen LogP contribution in [-0.2, 0) is 0 Å². The van der Waals surface area contributed by atoms with E-state index in [0.717, 1.165) is 0 Å². The van der Waals surface area contributed by atoms with Crippen LogP contribution in [0.4, 0.5) is 0 Å². The van der Waals surface area contributed by atoms with E-state index in [1.165, 1.54) is 19.1 Å². The van der Waals surface area contributed by atoms with E-state index in [-0.39, 0.29) is 11.8 Å². The Balaban J connectivity index is 3.00. The van der Waals surface area contributed by atoms with Crippen molar-refractivity contribution in [3.8, 4) is 17.6 Å². The molecule has 1 atom stereocenters. The van der Waals surface area contributed by atoms with Gasteiger partial charge in [-0.25, -0.2) is 0 Å². The number of benzene rings is 1. The van der Waals surface area contributed by atoms with Crippen LogP contribution in [0.1, 0.15) is 17.3 Å². The molecule has 0 aliphatic heterocycles. The Morgan fingerprint density at radius 3 is 2.63 bits per heavy atom. The molecule has 1 aromatic rings. The first-order valence-corrected chi connectivity index (χ1v) is 5.90. The summed E-state index contributed by atoms with van der Waals surface area (Å²) in [5, 5.41) is 8.79. The topological polar surface area (TPSA) is 62.6 Å². The molecule has 0 aliphatic carbocycles. The third-order valence-corrected chi connectivity index (χ3v) is 2.75. The van der Waals surface area contributed by atoms with Crippen LogP contribution in [-0.4, -0.2) is 38.6 Å². The Bertz CT molecular complexity index is 494. The van der Waals surface area contributed by atoms with Crippen molar-refractivity contribution in [2.24, 2.45) is 5.92 Å². The minimum absolute atomic E-state index is 0.196. The fourth-order valence-corrected chi connectivity index (χ4v) is 1.72. The van der Waals surface area contributed by atoms with Crippen LogP contribution in [0.3, 0.4) is 0 Å². The van der Waals surface area contributed by atoms with Gasteiger partial charge in [-0.1, -0.05) is 0 Å². The van der Waals surface area contributed by atoms with Gasteiger partial charge in [0.1, 0.15) is 11.5 Å². The van der Waals surface area contributed by atoms with E-state index in [0.29, 0.717) is 23.6 Å². The molecular formula is C14H18N2O3. The first-order valence-electron chi connectivity index (χ1n) is 5.90. The molecule has 0 spiro atoms. The van der Waals surface area contributed by atoms with E-state index in [9.17, 15) is 4.79 Å². The second-order valence-electron chi connectivity index (χ2n) is 4.28. The molecule has 0 fully saturated rings. The van der Waals surface area contributed by atoms with Gasteiger partial charge in [0.05, 0.1) is 31.8 Å². The summed E-state index contributed by atoms with van der Waals surface area (Å²) in [6.45, 7) is 2.14. The van der Waals surface area contributed by atoms with Gasteiger partial charge < -0.3 is 14.4 Å². The monoisotopic (exact) mass is 262 g/mol. The lowest BCUT2D eigenvalue weighted by molar-refractivity contribution is 0.0781. The Kier molecular flexibility index (Phi) is 5.19. The second kappa shape index (κ2) is 6.64. The molecule has 0 aliphatic rings. The maximum Gasteiger partial charge on any atom is 0.257 e. The van der Waals surface area contributed by atoms with Crippen LogP contribution >= 0.6 is 0 Å². The number of nitriles is 1. The zero-order chi connectivity index (χ0) is 14.4. The van der Waals surface area contributed by atoms with E-state index in [2.05, 4.69) is 6.07 Å². The van der Waals surface area contributed by atoms with E-state index >= 15 is 0 Å². The van der Waals surface area contributed by atoms with Crippen molar-refractivity contribution >= 4 is 5.91 Å². The number of amides is 1. The molecule has 102 valence electrons. The lowest BCUT2D eigenvalue weighted by atomic mass is 10.1. The summed E-state index contributed by atoms with van der Waals surface area (Å²) in [5.74, 6) is 0.663. The molecule has 1 aromatic carbocycles. The van der Waals surface area contributed by atoms with E-state index in [1.807, 2.05) is 0 Å². The standard InChI is InChI=1S/C14H18N2O3/c1-10(8-15)9-16(2)14(17)12-7-11(18-3)5-6-13(12)19-4/h5-7,10H,9H2,1-4H3/t10-/m1/s1. The van der Waals surface area contributed by atoms with E-state index in [1.54, 1.807) is 32.2 Å². The second-order valence-corrected chi connectivity index (χ2v) is 4.28. The van der Waals surface area contributed by atoms with Crippen molar-refractivity contribution in [1.82, 2.24) is 4.90 Å². The van der Waals surface area contributed by atoms with Crippen molar-refractivity contribution in [3.05, 3.63) is 23.8 Å². The molecule has 0 aromatic heterocycles. The van der Waals surface area contributed by atoms with Gasteiger partial charge in [-0.3, -0.25) is 4.79 Å². The van der Waals surface area contributed by atoms with Crippen molar-refractivity contribution in [1.29, 1.82) is 5.26 Å². The van der Waals surface area contributed by atoms with Gasteiger partial charge in [0.2, 0.25) is 0 Å². The zero-order valence-electron chi connectivity index (χ0n) is 11.6. The quantitative estimate of drug-likeness (QED) is 0.813. The van der Waals surface area contributed by atoms with Gasteiger partial charge in [-0.05, 0) is 25.1 Å². The predicted octanol–water partition coefficient (Wildman–Crippen LogP) is 1.94. The number of carbonyl (C=O) groups is 1. The molecule has 0 bridgehead atoms. The molecule has 0 radical (unpaired) electrons. The SMILES string of the molecule is COc1ccc(OC)c(C(=O)N(C)C[C@H](C)C#N)c1. The van der Waals surface area contributed by atoms with Crippen molar-refractivity contribution in [3.63, 3.8) is 0 Å². The minimum atomic E-state index is -0.217. The number of carbonyl (C=O) groups excluding carboxylic acids is 1. The Labute approximate surface area is 113 Å². The van der Waals surface area contributed by atoms with Crippen LogP contribution in [0.25, 0.3) is 0 Å².